The molecule has 1 rings (SSSR count). The van der Waals surface area contributed by atoms with Crippen molar-refractivity contribution in [3.63, 3.8) is 0 Å². The molecule has 0 aliphatic heterocycles. The zero-order valence-corrected chi connectivity index (χ0v) is 7.15. The van der Waals surface area contributed by atoms with Crippen molar-refractivity contribution in [2.45, 2.75) is 6.92 Å². The minimum absolute atomic E-state index is 0.603. The van der Waals surface area contributed by atoms with Gasteiger partial charge in [0.15, 0.2) is 0 Å². The molecule has 0 atom stereocenters. The summed E-state index contributed by atoms with van der Waals surface area (Å²) in [6.07, 6.45) is 0. The van der Waals surface area contributed by atoms with Crippen LogP contribution in [0, 0.1) is 0 Å². The summed E-state index contributed by atoms with van der Waals surface area (Å²) in [7, 11) is 0. The zero-order valence-electron chi connectivity index (χ0n) is 6.39. The topological polar surface area (TPSA) is 38.0 Å². The number of rotatable bonds is 2. The van der Waals surface area contributed by atoms with Gasteiger partial charge in [-0.3, -0.25) is 0 Å². The third-order valence-electron chi connectivity index (χ3n) is 1.38. The molecule has 0 aliphatic rings. The minimum Gasteiger partial charge on any atom is -0.397 e. The van der Waals surface area contributed by atoms with Gasteiger partial charge in [-0.25, -0.2) is 0 Å². The molecule has 0 saturated carbocycles. The number of hydrogen-bond acceptors (Lipinski definition) is 2. The fraction of sp³-hybridized carbons (Fsp3) is 0.250. The molecular formula is C8H11ClN2. The number of benzene rings is 1. The third kappa shape index (κ3) is 2.02. The lowest BCUT2D eigenvalue weighted by molar-refractivity contribution is 1.21. The smallest absolute Gasteiger partial charge is 0.0636 e. The minimum atomic E-state index is 0.603. The molecule has 0 unspecified atom stereocenters. The summed E-state index contributed by atoms with van der Waals surface area (Å²) in [5, 5.41) is 3.74. The largest absolute Gasteiger partial charge is 0.397 e. The van der Waals surface area contributed by atoms with Crippen LogP contribution in [-0.2, 0) is 0 Å². The number of halogens is 1. The van der Waals surface area contributed by atoms with Crippen molar-refractivity contribution in [3.05, 3.63) is 23.2 Å². The Morgan fingerprint density at radius 3 is 2.82 bits per heavy atom. The molecule has 0 amide bonds. The van der Waals surface area contributed by atoms with Crippen molar-refractivity contribution in [2.24, 2.45) is 0 Å². The van der Waals surface area contributed by atoms with Crippen molar-refractivity contribution >= 4 is 23.0 Å². The van der Waals surface area contributed by atoms with E-state index in [0.717, 1.165) is 12.2 Å². The lowest BCUT2D eigenvalue weighted by atomic mass is 10.3. The number of nitrogens with one attached hydrogen (secondary N) is 1. The maximum atomic E-state index is 5.73. The SMILES string of the molecule is CCNc1ccc(Cl)c(N)c1. The first-order chi connectivity index (χ1) is 5.24. The number of anilines is 2. The Hall–Kier alpha value is -0.890. The number of hydrogen-bond donors (Lipinski definition) is 2. The summed E-state index contributed by atoms with van der Waals surface area (Å²) >= 11 is 5.73. The average Bonchev–Trinajstić information content (AvgIpc) is 1.98. The van der Waals surface area contributed by atoms with Crippen LogP contribution in [0.3, 0.4) is 0 Å². The van der Waals surface area contributed by atoms with Gasteiger partial charge in [-0.1, -0.05) is 11.6 Å². The van der Waals surface area contributed by atoms with Gasteiger partial charge in [0.25, 0.3) is 0 Å². The highest BCUT2D eigenvalue weighted by Crippen LogP contribution is 2.21. The van der Waals surface area contributed by atoms with Crippen LogP contribution >= 0.6 is 11.6 Å². The second-order valence-electron chi connectivity index (χ2n) is 2.27. The maximum Gasteiger partial charge on any atom is 0.0636 e. The molecule has 0 fully saturated rings. The van der Waals surface area contributed by atoms with Gasteiger partial charge < -0.3 is 11.1 Å². The molecule has 60 valence electrons. The predicted molar refractivity (Wildman–Crippen MR) is 50.0 cm³/mol. The molecule has 3 N–H and O–H groups in total. The molecule has 11 heavy (non-hydrogen) atoms. The van der Waals surface area contributed by atoms with Gasteiger partial charge in [-0.2, -0.15) is 0 Å². The normalized spacial score (nSPS) is 9.64. The Morgan fingerprint density at radius 1 is 1.55 bits per heavy atom. The number of nitrogens with two attached hydrogens (primary N) is 1. The second-order valence-corrected chi connectivity index (χ2v) is 2.67. The van der Waals surface area contributed by atoms with Crippen LogP contribution in [0.4, 0.5) is 11.4 Å². The Morgan fingerprint density at radius 2 is 2.27 bits per heavy atom. The van der Waals surface area contributed by atoms with Crippen LogP contribution in [0.5, 0.6) is 0 Å². The summed E-state index contributed by atoms with van der Waals surface area (Å²) in [6.45, 7) is 2.92. The maximum absolute atomic E-state index is 5.73. The third-order valence-corrected chi connectivity index (χ3v) is 1.72. The monoisotopic (exact) mass is 170 g/mol. The Kier molecular flexibility index (Phi) is 2.60. The molecule has 0 aliphatic carbocycles. The quantitative estimate of drug-likeness (QED) is 0.669. The van der Waals surface area contributed by atoms with E-state index in [-0.39, 0.29) is 0 Å². The van der Waals surface area contributed by atoms with Crippen LogP contribution in [0.1, 0.15) is 6.92 Å². The van der Waals surface area contributed by atoms with Crippen molar-refractivity contribution in [1.82, 2.24) is 0 Å². The lowest BCUT2D eigenvalue weighted by Crippen LogP contribution is -1.97. The highest BCUT2D eigenvalue weighted by molar-refractivity contribution is 6.33. The molecule has 1 aromatic carbocycles. The second kappa shape index (κ2) is 3.49. The molecule has 1 aromatic rings. The van der Waals surface area contributed by atoms with Gasteiger partial charge in [0.05, 0.1) is 10.7 Å². The van der Waals surface area contributed by atoms with Crippen LogP contribution in [0.15, 0.2) is 18.2 Å². The van der Waals surface area contributed by atoms with Crippen molar-refractivity contribution < 1.29 is 0 Å². The summed E-state index contributed by atoms with van der Waals surface area (Å²) < 4.78 is 0. The van der Waals surface area contributed by atoms with Crippen LogP contribution in [-0.4, -0.2) is 6.54 Å². The Balaban J connectivity index is 2.86. The standard InChI is InChI=1S/C8H11ClN2/c1-2-11-6-3-4-7(9)8(10)5-6/h3-5,11H,2,10H2,1H3. The molecule has 3 heteroatoms. The summed E-state index contributed by atoms with van der Waals surface area (Å²) in [6, 6.07) is 5.52. The first-order valence-corrected chi connectivity index (χ1v) is 3.90. The van der Waals surface area contributed by atoms with E-state index in [4.69, 9.17) is 17.3 Å². The van der Waals surface area contributed by atoms with Gasteiger partial charge in [0, 0.05) is 12.2 Å². The fourth-order valence-corrected chi connectivity index (χ4v) is 0.975. The summed E-state index contributed by atoms with van der Waals surface area (Å²) in [5.41, 5.74) is 7.20. The van der Waals surface area contributed by atoms with Gasteiger partial charge in [0.1, 0.15) is 0 Å². The number of nitrogen functional groups attached to an aromatic ring is 1. The molecule has 0 radical (unpaired) electrons. The van der Waals surface area contributed by atoms with Crippen LogP contribution < -0.4 is 11.1 Å². The van der Waals surface area contributed by atoms with E-state index in [1.54, 1.807) is 6.07 Å². The first-order valence-electron chi connectivity index (χ1n) is 3.53. The van der Waals surface area contributed by atoms with Gasteiger partial charge >= 0.3 is 0 Å². The lowest BCUT2D eigenvalue weighted by Gasteiger charge is -2.04. The van der Waals surface area contributed by atoms with Gasteiger partial charge in [-0.05, 0) is 25.1 Å². The fourth-order valence-electron chi connectivity index (χ4n) is 0.858. The van der Waals surface area contributed by atoms with Crippen molar-refractivity contribution in [3.8, 4) is 0 Å². The Labute approximate surface area is 71.4 Å². The van der Waals surface area contributed by atoms with E-state index in [1.807, 2.05) is 19.1 Å². The van der Waals surface area contributed by atoms with E-state index in [9.17, 15) is 0 Å². The van der Waals surface area contributed by atoms with E-state index < -0.39 is 0 Å². The van der Waals surface area contributed by atoms with Gasteiger partial charge in [-0.15, -0.1) is 0 Å². The molecule has 0 heterocycles. The summed E-state index contributed by atoms with van der Waals surface area (Å²) in [5.74, 6) is 0. The molecule has 0 bridgehead atoms. The molecule has 2 nitrogen and oxygen atoms in total. The first kappa shape index (κ1) is 8.21. The zero-order chi connectivity index (χ0) is 8.27. The van der Waals surface area contributed by atoms with E-state index in [0.29, 0.717) is 10.7 Å². The average molecular weight is 171 g/mol. The molecule has 0 spiro atoms. The highest BCUT2D eigenvalue weighted by atomic mass is 35.5. The van der Waals surface area contributed by atoms with E-state index >= 15 is 0 Å². The highest BCUT2D eigenvalue weighted by Gasteiger charge is 1.95. The molecular weight excluding hydrogens is 160 g/mol. The Bertz CT molecular complexity index is 248. The van der Waals surface area contributed by atoms with E-state index in [1.165, 1.54) is 0 Å². The van der Waals surface area contributed by atoms with Crippen molar-refractivity contribution in [2.75, 3.05) is 17.6 Å². The van der Waals surface area contributed by atoms with Crippen LogP contribution in [0.25, 0.3) is 0 Å². The van der Waals surface area contributed by atoms with E-state index in [2.05, 4.69) is 5.32 Å². The summed E-state index contributed by atoms with van der Waals surface area (Å²) in [4.78, 5) is 0. The van der Waals surface area contributed by atoms with Crippen molar-refractivity contribution in [1.29, 1.82) is 0 Å². The van der Waals surface area contributed by atoms with Crippen LogP contribution in [0.2, 0.25) is 5.02 Å². The van der Waals surface area contributed by atoms with Gasteiger partial charge in [0.2, 0.25) is 0 Å². The predicted octanol–water partition coefficient (Wildman–Crippen LogP) is 2.35. The molecule has 0 saturated heterocycles. The molecule has 0 aromatic heterocycles.